The van der Waals surface area contributed by atoms with Crippen LogP contribution in [-0.4, -0.2) is 48.2 Å². The van der Waals surface area contributed by atoms with Crippen LogP contribution in [0.5, 0.6) is 5.88 Å². The maximum absolute atomic E-state index is 12.4. The van der Waals surface area contributed by atoms with Gasteiger partial charge in [-0.05, 0) is 25.3 Å². The average molecular weight is 290 g/mol. The van der Waals surface area contributed by atoms with Crippen molar-refractivity contribution >= 4 is 5.91 Å². The van der Waals surface area contributed by atoms with E-state index in [-0.39, 0.29) is 17.9 Å². The number of carbonyl (C=O) groups is 1. The molecular weight excluding hydrogens is 268 g/mol. The molecule has 5 nitrogen and oxygen atoms in total. The van der Waals surface area contributed by atoms with Gasteiger partial charge in [0.1, 0.15) is 6.10 Å². The zero-order valence-corrected chi connectivity index (χ0v) is 12.5. The van der Waals surface area contributed by atoms with Gasteiger partial charge in [0.15, 0.2) is 0 Å². The van der Waals surface area contributed by atoms with Crippen molar-refractivity contribution in [1.29, 1.82) is 0 Å². The highest BCUT2D eigenvalue weighted by Crippen LogP contribution is 2.22. The third-order valence-electron chi connectivity index (χ3n) is 4.20. The monoisotopic (exact) mass is 290 g/mol. The third kappa shape index (κ3) is 3.53. The molecule has 1 unspecified atom stereocenters. The highest BCUT2D eigenvalue weighted by molar-refractivity contribution is 5.79. The van der Waals surface area contributed by atoms with Gasteiger partial charge in [0.2, 0.25) is 11.8 Å². The molecule has 1 amide bonds. The molecule has 1 aromatic rings. The number of likely N-dealkylation sites (tertiary alicyclic amines) is 1. The molecule has 0 saturated carbocycles. The molecule has 2 aliphatic heterocycles. The van der Waals surface area contributed by atoms with Crippen LogP contribution in [0.2, 0.25) is 0 Å². The first-order chi connectivity index (χ1) is 10.2. The summed E-state index contributed by atoms with van der Waals surface area (Å²) in [5, 5.41) is 0. The lowest BCUT2D eigenvalue weighted by Gasteiger charge is -2.26. The van der Waals surface area contributed by atoms with Crippen molar-refractivity contribution in [1.82, 2.24) is 9.88 Å². The van der Waals surface area contributed by atoms with Crippen LogP contribution in [0.15, 0.2) is 18.3 Å². The standard InChI is InChI=1S/C16H22N2O3/c1-12-2-3-15(17-10-12)21-14-4-7-18(11-14)16(19)13-5-8-20-9-6-13/h2-3,10,13-14H,4-9,11H2,1H3. The predicted octanol–water partition coefficient (Wildman–Crippen LogP) is 1.80. The van der Waals surface area contributed by atoms with Gasteiger partial charge in [0.05, 0.1) is 6.54 Å². The molecule has 0 aliphatic carbocycles. The van der Waals surface area contributed by atoms with Crippen molar-refractivity contribution in [2.75, 3.05) is 26.3 Å². The number of ether oxygens (including phenoxy) is 2. The number of aryl methyl sites for hydroxylation is 1. The first-order valence-electron chi connectivity index (χ1n) is 7.68. The van der Waals surface area contributed by atoms with Gasteiger partial charge < -0.3 is 14.4 Å². The van der Waals surface area contributed by atoms with Gasteiger partial charge in [-0.25, -0.2) is 4.98 Å². The van der Waals surface area contributed by atoms with Crippen molar-refractivity contribution < 1.29 is 14.3 Å². The van der Waals surface area contributed by atoms with Gasteiger partial charge in [0.25, 0.3) is 0 Å². The summed E-state index contributed by atoms with van der Waals surface area (Å²) < 4.78 is 11.2. The molecule has 0 aromatic carbocycles. The van der Waals surface area contributed by atoms with Crippen LogP contribution >= 0.6 is 0 Å². The minimum atomic E-state index is 0.0593. The summed E-state index contributed by atoms with van der Waals surface area (Å²) in [7, 11) is 0. The first kappa shape index (κ1) is 14.3. The van der Waals surface area contributed by atoms with Crippen LogP contribution in [0.3, 0.4) is 0 Å². The molecule has 2 fully saturated rings. The molecule has 5 heteroatoms. The minimum Gasteiger partial charge on any atom is -0.472 e. The molecule has 3 heterocycles. The van der Waals surface area contributed by atoms with Gasteiger partial charge in [0, 0.05) is 44.4 Å². The van der Waals surface area contributed by atoms with Crippen LogP contribution in [0.1, 0.15) is 24.8 Å². The molecule has 0 bridgehead atoms. The topological polar surface area (TPSA) is 51.7 Å². The molecule has 1 aromatic heterocycles. The second-order valence-corrected chi connectivity index (χ2v) is 5.87. The SMILES string of the molecule is Cc1ccc(OC2CCN(C(=O)C3CCOCC3)C2)nc1. The number of pyridine rings is 1. The minimum absolute atomic E-state index is 0.0593. The van der Waals surface area contributed by atoms with Crippen molar-refractivity contribution in [3.63, 3.8) is 0 Å². The third-order valence-corrected chi connectivity index (χ3v) is 4.20. The molecule has 2 aliphatic rings. The highest BCUT2D eigenvalue weighted by atomic mass is 16.5. The molecule has 0 N–H and O–H groups in total. The maximum atomic E-state index is 12.4. The lowest BCUT2D eigenvalue weighted by Crippen LogP contribution is -2.38. The summed E-state index contributed by atoms with van der Waals surface area (Å²) in [5.41, 5.74) is 1.12. The fourth-order valence-corrected chi connectivity index (χ4v) is 2.92. The predicted molar refractivity (Wildman–Crippen MR) is 78.1 cm³/mol. The summed E-state index contributed by atoms with van der Waals surface area (Å²) in [6, 6.07) is 3.88. The van der Waals surface area contributed by atoms with Crippen molar-refractivity contribution in [3.8, 4) is 5.88 Å². The molecule has 1 atom stereocenters. The number of hydrogen-bond donors (Lipinski definition) is 0. The Kier molecular flexibility index (Phi) is 4.39. The van der Waals surface area contributed by atoms with Crippen molar-refractivity contribution in [2.45, 2.75) is 32.3 Å². The Bertz CT molecular complexity index is 483. The van der Waals surface area contributed by atoms with E-state index in [0.29, 0.717) is 25.6 Å². The smallest absolute Gasteiger partial charge is 0.225 e. The van der Waals surface area contributed by atoms with Crippen LogP contribution in [-0.2, 0) is 9.53 Å². The van der Waals surface area contributed by atoms with Crippen molar-refractivity contribution in [3.05, 3.63) is 23.9 Å². The molecule has 114 valence electrons. The summed E-state index contributed by atoms with van der Waals surface area (Å²) in [4.78, 5) is 18.6. The van der Waals surface area contributed by atoms with E-state index in [1.54, 1.807) is 6.20 Å². The zero-order valence-electron chi connectivity index (χ0n) is 12.5. The molecule has 0 spiro atoms. The molecule has 21 heavy (non-hydrogen) atoms. The van der Waals surface area contributed by atoms with Crippen LogP contribution in [0.25, 0.3) is 0 Å². The van der Waals surface area contributed by atoms with Gasteiger partial charge in [-0.1, -0.05) is 6.07 Å². The number of hydrogen-bond acceptors (Lipinski definition) is 4. The fraction of sp³-hybridized carbons (Fsp3) is 0.625. The highest BCUT2D eigenvalue weighted by Gasteiger charge is 2.32. The number of nitrogens with zero attached hydrogens (tertiary/aromatic N) is 2. The summed E-state index contributed by atoms with van der Waals surface area (Å²) >= 11 is 0. The first-order valence-corrected chi connectivity index (χ1v) is 7.68. The second kappa shape index (κ2) is 6.43. The summed E-state index contributed by atoms with van der Waals surface area (Å²) in [6.45, 7) is 4.87. The van der Waals surface area contributed by atoms with Crippen LogP contribution < -0.4 is 4.74 Å². The van der Waals surface area contributed by atoms with E-state index in [0.717, 1.165) is 31.4 Å². The lowest BCUT2D eigenvalue weighted by atomic mass is 9.99. The second-order valence-electron chi connectivity index (χ2n) is 5.87. The van der Waals surface area contributed by atoms with E-state index in [1.807, 2.05) is 24.0 Å². The molecule has 3 rings (SSSR count). The molecular formula is C16H22N2O3. The Hall–Kier alpha value is -1.62. The Balaban J connectivity index is 1.52. The lowest BCUT2D eigenvalue weighted by molar-refractivity contribution is -0.137. The molecule has 0 radical (unpaired) electrons. The van der Waals surface area contributed by atoms with Crippen LogP contribution in [0, 0.1) is 12.8 Å². The van der Waals surface area contributed by atoms with E-state index < -0.39 is 0 Å². The Morgan fingerprint density at radius 1 is 1.33 bits per heavy atom. The maximum Gasteiger partial charge on any atom is 0.225 e. The summed E-state index contributed by atoms with van der Waals surface area (Å²) in [6.07, 6.45) is 4.43. The van der Waals surface area contributed by atoms with Crippen LogP contribution in [0.4, 0.5) is 0 Å². The zero-order chi connectivity index (χ0) is 14.7. The van der Waals surface area contributed by atoms with E-state index in [1.165, 1.54) is 0 Å². The largest absolute Gasteiger partial charge is 0.472 e. The van der Waals surface area contributed by atoms with E-state index in [4.69, 9.17) is 9.47 Å². The van der Waals surface area contributed by atoms with Gasteiger partial charge in [-0.15, -0.1) is 0 Å². The fourth-order valence-electron chi connectivity index (χ4n) is 2.92. The Morgan fingerprint density at radius 2 is 2.14 bits per heavy atom. The van der Waals surface area contributed by atoms with E-state index >= 15 is 0 Å². The normalized spacial score (nSPS) is 23.3. The van der Waals surface area contributed by atoms with E-state index in [9.17, 15) is 4.79 Å². The average Bonchev–Trinajstić information content (AvgIpc) is 2.98. The van der Waals surface area contributed by atoms with Crippen molar-refractivity contribution in [2.24, 2.45) is 5.92 Å². The Labute approximate surface area is 125 Å². The number of amides is 1. The van der Waals surface area contributed by atoms with Gasteiger partial charge >= 0.3 is 0 Å². The number of rotatable bonds is 3. The number of aromatic nitrogens is 1. The van der Waals surface area contributed by atoms with E-state index in [2.05, 4.69) is 4.98 Å². The molecule has 2 saturated heterocycles. The Morgan fingerprint density at radius 3 is 2.86 bits per heavy atom. The van der Waals surface area contributed by atoms with Gasteiger partial charge in [-0.3, -0.25) is 4.79 Å². The van der Waals surface area contributed by atoms with Gasteiger partial charge in [-0.2, -0.15) is 0 Å². The quantitative estimate of drug-likeness (QED) is 0.852. The number of carbonyl (C=O) groups excluding carboxylic acids is 1. The summed E-state index contributed by atoms with van der Waals surface area (Å²) in [5.74, 6) is 1.04.